The van der Waals surface area contributed by atoms with Crippen molar-refractivity contribution < 1.29 is 14.5 Å². The summed E-state index contributed by atoms with van der Waals surface area (Å²) < 4.78 is 5.28. The van der Waals surface area contributed by atoms with E-state index in [4.69, 9.17) is 51.8 Å². The van der Waals surface area contributed by atoms with E-state index in [1.54, 1.807) is 6.07 Å². The third-order valence-corrected chi connectivity index (χ3v) is 5.28. The quantitative estimate of drug-likeness (QED) is 0.370. The van der Waals surface area contributed by atoms with Crippen molar-refractivity contribution in [1.29, 1.82) is 0 Å². The maximum Gasteiger partial charge on any atom is 0.293 e. The Balaban J connectivity index is 1.75. The van der Waals surface area contributed by atoms with Crippen LogP contribution in [-0.4, -0.2) is 42.2 Å². The molecule has 0 unspecified atom stereocenters. The highest BCUT2D eigenvalue weighted by Crippen LogP contribution is 2.34. The van der Waals surface area contributed by atoms with E-state index in [1.807, 2.05) is 4.90 Å². The summed E-state index contributed by atoms with van der Waals surface area (Å²) in [7, 11) is 0. The van der Waals surface area contributed by atoms with Crippen LogP contribution in [0.4, 0.5) is 17.1 Å². The number of thiocarbonyl (C=S) groups is 1. The second kappa shape index (κ2) is 9.76. The molecule has 1 saturated heterocycles. The number of nitro benzene ring substituents is 1. The molecule has 1 fully saturated rings. The number of nitrogens with zero attached hydrogens (tertiary/aromatic N) is 2. The molecule has 0 radical (unpaired) electrons. The number of morpholine rings is 1. The van der Waals surface area contributed by atoms with Crippen LogP contribution in [0.25, 0.3) is 0 Å². The van der Waals surface area contributed by atoms with Crippen LogP contribution in [-0.2, 0) is 4.74 Å². The van der Waals surface area contributed by atoms with Gasteiger partial charge in [0.05, 0.1) is 33.9 Å². The number of rotatable bonds is 4. The summed E-state index contributed by atoms with van der Waals surface area (Å²) in [5, 5.41) is 17.4. The molecule has 3 rings (SSSR count). The molecule has 1 heterocycles. The molecular formula is C18H15Cl3N4O4S. The monoisotopic (exact) mass is 488 g/mol. The first-order chi connectivity index (χ1) is 14.3. The van der Waals surface area contributed by atoms with E-state index in [-0.39, 0.29) is 32.1 Å². The van der Waals surface area contributed by atoms with Crippen LogP contribution in [0, 0.1) is 10.1 Å². The van der Waals surface area contributed by atoms with Gasteiger partial charge >= 0.3 is 0 Å². The number of hydrogen-bond acceptors (Lipinski definition) is 6. The van der Waals surface area contributed by atoms with Crippen molar-refractivity contribution in [2.45, 2.75) is 0 Å². The molecule has 2 N–H and O–H groups in total. The van der Waals surface area contributed by atoms with E-state index in [0.29, 0.717) is 37.0 Å². The Morgan fingerprint density at radius 1 is 1.13 bits per heavy atom. The van der Waals surface area contributed by atoms with Crippen LogP contribution in [0.3, 0.4) is 0 Å². The largest absolute Gasteiger partial charge is 0.378 e. The van der Waals surface area contributed by atoms with Gasteiger partial charge in [-0.3, -0.25) is 20.2 Å². The Hall–Kier alpha value is -2.17. The predicted molar refractivity (Wildman–Crippen MR) is 121 cm³/mol. The predicted octanol–water partition coefficient (Wildman–Crippen LogP) is 4.52. The molecule has 8 nitrogen and oxygen atoms in total. The third-order valence-electron chi connectivity index (χ3n) is 4.26. The molecule has 1 amide bonds. The summed E-state index contributed by atoms with van der Waals surface area (Å²) in [6.45, 7) is 2.02. The summed E-state index contributed by atoms with van der Waals surface area (Å²) in [5.41, 5.74) is 0.616. The smallest absolute Gasteiger partial charge is 0.293 e. The van der Waals surface area contributed by atoms with Crippen molar-refractivity contribution in [2.24, 2.45) is 0 Å². The van der Waals surface area contributed by atoms with Crippen molar-refractivity contribution in [3.05, 3.63) is 61.1 Å². The van der Waals surface area contributed by atoms with E-state index in [0.717, 1.165) is 0 Å². The lowest BCUT2D eigenvalue weighted by Crippen LogP contribution is -2.37. The van der Waals surface area contributed by atoms with Crippen LogP contribution in [0.15, 0.2) is 30.3 Å². The number of benzene rings is 2. The van der Waals surface area contributed by atoms with Crippen molar-refractivity contribution in [3.63, 3.8) is 0 Å². The first kappa shape index (κ1) is 22.5. The molecule has 0 spiro atoms. The Labute approximate surface area is 192 Å². The zero-order valence-corrected chi connectivity index (χ0v) is 18.4. The minimum Gasteiger partial charge on any atom is -0.378 e. The van der Waals surface area contributed by atoms with Gasteiger partial charge in [-0.05, 0) is 36.5 Å². The first-order valence-electron chi connectivity index (χ1n) is 8.64. The number of nitrogens with one attached hydrogen (secondary N) is 2. The average molecular weight is 490 g/mol. The normalized spacial score (nSPS) is 13.6. The number of carbonyl (C=O) groups is 1. The maximum absolute atomic E-state index is 12.5. The van der Waals surface area contributed by atoms with Crippen molar-refractivity contribution in [2.75, 3.05) is 36.5 Å². The van der Waals surface area contributed by atoms with Gasteiger partial charge < -0.3 is 15.0 Å². The van der Waals surface area contributed by atoms with E-state index in [1.165, 1.54) is 24.3 Å². The first-order valence-corrected chi connectivity index (χ1v) is 10.2. The molecule has 1 aliphatic heterocycles. The van der Waals surface area contributed by atoms with E-state index in [2.05, 4.69) is 10.6 Å². The molecule has 2 aromatic carbocycles. The fourth-order valence-electron chi connectivity index (χ4n) is 2.86. The fourth-order valence-corrected chi connectivity index (χ4v) is 3.97. The van der Waals surface area contributed by atoms with Crippen LogP contribution in [0.5, 0.6) is 0 Å². The molecule has 0 atom stereocenters. The number of hydrogen-bond donors (Lipinski definition) is 2. The zero-order chi connectivity index (χ0) is 21.8. The summed E-state index contributed by atoms with van der Waals surface area (Å²) in [6, 6.07) is 7.19. The Morgan fingerprint density at radius 2 is 1.77 bits per heavy atom. The number of halogens is 3. The Kier molecular flexibility index (Phi) is 7.32. The lowest BCUT2D eigenvalue weighted by Gasteiger charge is -2.28. The summed E-state index contributed by atoms with van der Waals surface area (Å²) >= 11 is 23.2. The third kappa shape index (κ3) is 5.30. The number of carbonyl (C=O) groups excluding carboxylic acids is 1. The van der Waals surface area contributed by atoms with Crippen LogP contribution >= 0.6 is 47.0 Å². The number of anilines is 2. The summed E-state index contributed by atoms with van der Waals surface area (Å²) in [6.07, 6.45) is 0. The van der Waals surface area contributed by atoms with Crippen LogP contribution < -0.4 is 15.5 Å². The second-order valence-electron chi connectivity index (χ2n) is 6.21. The van der Waals surface area contributed by atoms with Crippen LogP contribution in [0.1, 0.15) is 10.4 Å². The number of nitro groups is 1. The van der Waals surface area contributed by atoms with E-state index >= 15 is 0 Å². The Bertz CT molecular complexity index is 992. The minimum atomic E-state index is -0.620. The summed E-state index contributed by atoms with van der Waals surface area (Å²) in [5.74, 6) is -0.620. The molecule has 12 heteroatoms. The standard InChI is InChI=1S/C18H15Cl3N4O4S/c19-11-8-12(20)16(13(21)9-11)22-18(30)23-17(26)10-1-2-14(15(7-10)25(27)28)24-3-5-29-6-4-24/h1-2,7-9H,3-6H2,(H2,22,23,26,30). The summed E-state index contributed by atoms with van der Waals surface area (Å²) in [4.78, 5) is 25.4. The minimum absolute atomic E-state index is 0.0777. The van der Waals surface area contributed by atoms with Gasteiger partial charge in [0.2, 0.25) is 0 Å². The van der Waals surface area contributed by atoms with Crippen LogP contribution in [0.2, 0.25) is 15.1 Å². The fraction of sp³-hybridized carbons (Fsp3) is 0.222. The SMILES string of the molecule is O=C(NC(=S)Nc1c(Cl)cc(Cl)cc1Cl)c1ccc(N2CCOCC2)c([N+](=O)[O-])c1. The molecule has 0 aromatic heterocycles. The lowest BCUT2D eigenvalue weighted by molar-refractivity contribution is -0.384. The van der Waals surface area contributed by atoms with Gasteiger partial charge in [0, 0.05) is 29.7 Å². The average Bonchev–Trinajstić information content (AvgIpc) is 2.70. The number of amides is 1. The maximum atomic E-state index is 12.5. The molecule has 158 valence electrons. The van der Waals surface area contributed by atoms with Crippen molar-refractivity contribution >= 4 is 75.1 Å². The molecular weight excluding hydrogens is 475 g/mol. The van der Waals surface area contributed by atoms with Gasteiger partial charge in [0.1, 0.15) is 5.69 Å². The van der Waals surface area contributed by atoms with E-state index in [9.17, 15) is 14.9 Å². The molecule has 1 aliphatic rings. The molecule has 30 heavy (non-hydrogen) atoms. The highest BCUT2D eigenvalue weighted by molar-refractivity contribution is 7.80. The van der Waals surface area contributed by atoms with Gasteiger partial charge in [-0.1, -0.05) is 34.8 Å². The molecule has 0 saturated carbocycles. The topological polar surface area (TPSA) is 96.7 Å². The van der Waals surface area contributed by atoms with E-state index < -0.39 is 10.8 Å². The van der Waals surface area contributed by atoms with Gasteiger partial charge in [-0.25, -0.2) is 0 Å². The second-order valence-corrected chi connectivity index (χ2v) is 7.87. The van der Waals surface area contributed by atoms with Crippen molar-refractivity contribution in [3.8, 4) is 0 Å². The van der Waals surface area contributed by atoms with Gasteiger partial charge in [-0.2, -0.15) is 0 Å². The highest BCUT2D eigenvalue weighted by Gasteiger charge is 2.23. The zero-order valence-electron chi connectivity index (χ0n) is 15.3. The van der Waals surface area contributed by atoms with Gasteiger partial charge in [0.15, 0.2) is 5.11 Å². The van der Waals surface area contributed by atoms with Gasteiger partial charge in [0.25, 0.3) is 11.6 Å². The highest BCUT2D eigenvalue weighted by atomic mass is 35.5. The van der Waals surface area contributed by atoms with Crippen molar-refractivity contribution in [1.82, 2.24) is 5.32 Å². The Morgan fingerprint density at radius 3 is 2.37 bits per heavy atom. The molecule has 0 aliphatic carbocycles. The number of ether oxygens (including phenoxy) is 1. The van der Waals surface area contributed by atoms with Gasteiger partial charge in [-0.15, -0.1) is 0 Å². The lowest BCUT2D eigenvalue weighted by atomic mass is 10.1. The molecule has 0 bridgehead atoms. The molecule has 2 aromatic rings.